The second-order valence-corrected chi connectivity index (χ2v) is 1.51. The summed E-state index contributed by atoms with van der Waals surface area (Å²) in [6.07, 6.45) is 0. The predicted molar refractivity (Wildman–Crippen MR) is 38.2 cm³/mol. The minimum Gasteiger partial charge on any atom is -0.412 e. The van der Waals surface area contributed by atoms with Crippen LogP contribution in [0.3, 0.4) is 0 Å². The minimum absolute atomic E-state index is 0. The molecule has 11 heteroatoms. The van der Waals surface area contributed by atoms with Crippen LogP contribution in [0.5, 0.6) is 0 Å². The molecule has 11 nitrogen and oxygen atoms in total. The quantitative estimate of drug-likeness (QED) is 0.303. The number of hydrazine groups is 1. The molecule has 0 atom stereocenters. The van der Waals surface area contributed by atoms with E-state index in [1.807, 2.05) is 11.0 Å². The molecule has 0 spiro atoms. The lowest BCUT2D eigenvalue weighted by atomic mass is 11.1. The molecular weight excluding hydrogens is 182 g/mol. The van der Waals surface area contributed by atoms with E-state index in [-0.39, 0.29) is 11.4 Å². The number of aromatic amines is 1. The number of hydrogen-bond acceptors (Lipinski definition) is 6. The Labute approximate surface area is 71.0 Å². The van der Waals surface area contributed by atoms with Crippen LogP contribution in [0, 0.1) is 0 Å². The van der Waals surface area contributed by atoms with Gasteiger partial charge in [-0.25, -0.2) is 10.2 Å². The van der Waals surface area contributed by atoms with Gasteiger partial charge in [-0.2, -0.15) is 10.7 Å². The van der Waals surface area contributed by atoms with Crippen LogP contribution < -0.4 is 16.7 Å². The summed E-state index contributed by atoms with van der Waals surface area (Å²) in [6.45, 7) is 0. The first-order valence-corrected chi connectivity index (χ1v) is 2.73. The Bertz CT molecular complexity index is 265. The van der Waals surface area contributed by atoms with E-state index in [0.717, 1.165) is 0 Å². The Morgan fingerprint density at radius 2 is 2.38 bits per heavy atom. The van der Waals surface area contributed by atoms with E-state index in [4.69, 9.17) is 0 Å². The fourth-order valence-corrected chi connectivity index (χ4v) is 0.349. The highest BCUT2D eigenvalue weighted by Gasteiger charge is 1.91. The standard InChI is InChI=1S/C2H5N9O.H2O/c3-1(12)4-8-9-5-2-6-10-11-7-2;/h(H3,3,4,9,12)(H2,5,6,7,8,10,11);1H2. The Hall–Kier alpha value is -2.30. The number of carbonyl (C=O) groups excluding carboxylic acids is 1. The molecule has 1 heterocycles. The van der Waals surface area contributed by atoms with Crippen molar-refractivity contribution in [1.29, 1.82) is 0 Å². The van der Waals surface area contributed by atoms with Gasteiger partial charge < -0.3 is 11.2 Å². The number of rotatable bonds is 3. The number of aromatic nitrogens is 4. The van der Waals surface area contributed by atoms with Crippen molar-refractivity contribution >= 4 is 12.0 Å². The number of nitrogens with zero attached hydrogens (tertiary/aromatic N) is 5. The van der Waals surface area contributed by atoms with E-state index in [2.05, 4.69) is 36.7 Å². The zero-order chi connectivity index (χ0) is 8.81. The zero-order valence-corrected chi connectivity index (χ0v) is 6.22. The first-order valence-electron chi connectivity index (χ1n) is 2.73. The molecule has 0 aromatic carbocycles. The number of amides is 2. The van der Waals surface area contributed by atoms with E-state index >= 15 is 0 Å². The summed E-state index contributed by atoms with van der Waals surface area (Å²) < 4.78 is 0. The van der Waals surface area contributed by atoms with Crippen LogP contribution in [-0.4, -0.2) is 32.1 Å². The molecular formula is C2H7N9O2. The highest BCUT2D eigenvalue weighted by molar-refractivity contribution is 5.70. The molecule has 1 aromatic rings. The number of primary amides is 1. The third-order valence-corrected chi connectivity index (χ3v) is 0.703. The average Bonchev–Trinajstić information content (AvgIpc) is 2.49. The van der Waals surface area contributed by atoms with Gasteiger partial charge in [0.15, 0.2) is 0 Å². The van der Waals surface area contributed by atoms with Crippen LogP contribution in [-0.2, 0) is 0 Å². The monoisotopic (exact) mass is 189 g/mol. The average molecular weight is 189 g/mol. The largest absolute Gasteiger partial charge is 0.412 e. The fourth-order valence-electron chi connectivity index (χ4n) is 0.349. The fraction of sp³-hybridized carbons (Fsp3) is 0. The highest BCUT2D eigenvalue weighted by Crippen LogP contribution is 1.94. The van der Waals surface area contributed by atoms with Gasteiger partial charge in [0.05, 0.1) is 0 Å². The number of H-pyrrole nitrogens is 1. The first kappa shape index (κ1) is 10.7. The van der Waals surface area contributed by atoms with Gasteiger partial charge in [-0.1, -0.05) is 10.2 Å². The molecule has 0 bridgehead atoms. The molecule has 0 radical (unpaired) electrons. The van der Waals surface area contributed by atoms with Crippen molar-refractivity contribution in [2.24, 2.45) is 16.1 Å². The summed E-state index contributed by atoms with van der Waals surface area (Å²) in [6, 6.07) is -0.776. The number of hydrogen-bond donors (Lipinski definition) is 4. The van der Waals surface area contributed by atoms with Crippen molar-refractivity contribution in [2.75, 3.05) is 0 Å². The SMILES string of the molecule is NC(=O)NN/N=N/c1nn[nH]n1.O. The molecule has 72 valence electrons. The van der Waals surface area contributed by atoms with Crippen molar-refractivity contribution < 1.29 is 10.3 Å². The summed E-state index contributed by atoms with van der Waals surface area (Å²) in [4.78, 5) is 10.1. The third-order valence-electron chi connectivity index (χ3n) is 0.703. The molecule has 0 aliphatic heterocycles. The number of nitrogens with one attached hydrogen (secondary N) is 3. The van der Waals surface area contributed by atoms with Gasteiger partial charge in [0, 0.05) is 0 Å². The van der Waals surface area contributed by atoms with Crippen LogP contribution in [0.15, 0.2) is 10.3 Å². The van der Waals surface area contributed by atoms with Gasteiger partial charge in [-0.05, 0) is 10.4 Å². The summed E-state index contributed by atoms with van der Waals surface area (Å²) in [7, 11) is 0. The minimum atomic E-state index is -0.776. The van der Waals surface area contributed by atoms with E-state index < -0.39 is 6.03 Å². The van der Waals surface area contributed by atoms with E-state index in [1.165, 1.54) is 0 Å². The normalized spacial score (nSPS) is 9.23. The predicted octanol–water partition coefficient (Wildman–Crippen LogP) is -2.45. The molecule has 1 aromatic heterocycles. The second kappa shape index (κ2) is 5.36. The van der Waals surface area contributed by atoms with Crippen LogP contribution in [0.4, 0.5) is 10.7 Å². The molecule has 2 amide bonds. The topological polar surface area (TPSA) is 178 Å². The Morgan fingerprint density at radius 1 is 1.62 bits per heavy atom. The molecule has 0 unspecified atom stereocenters. The number of nitrogens with two attached hydrogens (primary N) is 1. The summed E-state index contributed by atoms with van der Waals surface area (Å²) in [5.74, 6) is 0.0359. The maximum atomic E-state index is 10.1. The highest BCUT2D eigenvalue weighted by atomic mass is 16.2. The lowest BCUT2D eigenvalue weighted by molar-refractivity contribution is 0.244. The molecule has 0 saturated heterocycles. The van der Waals surface area contributed by atoms with Crippen molar-refractivity contribution in [1.82, 2.24) is 31.6 Å². The van der Waals surface area contributed by atoms with E-state index in [0.29, 0.717) is 0 Å². The maximum Gasteiger partial charge on any atom is 0.332 e. The molecule has 1 rings (SSSR count). The molecule has 7 N–H and O–H groups in total. The Balaban J connectivity index is 0.00000144. The van der Waals surface area contributed by atoms with Gasteiger partial charge in [-0.3, -0.25) is 0 Å². The first-order chi connectivity index (χ1) is 5.79. The maximum absolute atomic E-state index is 10.1. The molecule has 13 heavy (non-hydrogen) atoms. The van der Waals surface area contributed by atoms with E-state index in [9.17, 15) is 4.79 Å². The zero-order valence-electron chi connectivity index (χ0n) is 6.22. The smallest absolute Gasteiger partial charge is 0.332 e. The van der Waals surface area contributed by atoms with Gasteiger partial charge in [0.2, 0.25) is 0 Å². The van der Waals surface area contributed by atoms with Gasteiger partial charge in [0.25, 0.3) is 0 Å². The molecule has 0 aliphatic rings. The third kappa shape index (κ3) is 4.20. The molecule has 0 saturated carbocycles. The Kier molecular flexibility index (Phi) is 4.41. The van der Waals surface area contributed by atoms with Crippen molar-refractivity contribution in [3.05, 3.63) is 0 Å². The summed E-state index contributed by atoms with van der Waals surface area (Å²) in [5, 5.41) is 18.8. The summed E-state index contributed by atoms with van der Waals surface area (Å²) >= 11 is 0. The van der Waals surface area contributed by atoms with Crippen molar-refractivity contribution in [2.45, 2.75) is 0 Å². The second-order valence-electron chi connectivity index (χ2n) is 1.51. The van der Waals surface area contributed by atoms with Crippen molar-refractivity contribution in [3.63, 3.8) is 0 Å². The van der Waals surface area contributed by atoms with Crippen LogP contribution in [0.2, 0.25) is 0 Å². The van der Waals surface area contributed by atoms with Gasteiger partial charge >= 0.3 is 12.0 Å². The number of tetrazole rings is 1. The van der Waals surface area contributed by atoms with Crippen LogP contribution in [0.1, 0.15) is 0 Å². The van der Waals surface area contributed by atoms with Crippen LogP contribution in [0.25, 0.3) is 0 Å². The lowest BCUT2D eigenvalue weighted by Crippen LogP contribution is -2.37. The number of carbonyl (C=O) groups is 1. The van der Waals surface area contributed by atoms with Gasteiger partial charge in [0.1, 0.15) is 0 Å². The van der Waals surface area contributed by atoms with Crippen LogP contribution >= 0.6 is 0 Å². The summed E-state index contributed by atoms with van der Waals surface area (Å²) in [5.41, 5.74) is 8.67. The lowest BCUT2D eigenvalue weighted by Gasteiger charge is -1.93. The van der Waals surface area contributed by atoms with Gasteiger partial charge in [-0.15, -0.1) is 5.10 Å². The van der Waals surface area contributed by atoms with E-state index in [1.54, 1.807) is 0 Å². The van der Waals surface area contributed by atoms with Crippen molar-refractivity contribution in [3.8, 4) is 0 Å². The Morgan fingerprint density at radius 3 is 2.92 bits per heavy atom. The molecule has 0 aliphatic carbocycles. The number of urea groups is 1. The molecule has 0 fully saturated rings.